The van der Waals surface area contributed by atoms with Gasteiger partial charge in [-0.1, -0.05) is 6.07 Å². The van der Waals surface area contributed by atoms with Crippen molar-refractivity contribution >= 4 is 11.3 Å². The second kappa shape index (κ2) is 5.04. The first-order valence-electron chi connectivity index (χ1n) is 4.95. The molecule has 2 aromatic heterocycles. The van der Waals surface area contributed by atoms with Gasteiger partial charge < -0.3 is 5.32 Å². The van der Waals surface area contributed by atoms with Gasteiger partial charge in [0.05, 0.1) is 6.54 Å². The largest absolute Gasteiger partial charge is 0.308 e. The quantitative estimate of drug-likeness (QED) is 0.837. The SMILES string of the molecule is CC(NCCn1cncn1)c1cccs1. The molecule has 0 saturated carbocycles. The van der Waals surface area contributed by atoms with Crippen LogP contribution >= 0.6 is 11.3 Å². The molecule has 0 fully saturated rings. The van der Waals surface area contributed by atoms with E-state index in [0.717, 1.165) is 13.1 Å². The molecule has 0 aliphatic heterocycles. The second-order valence-electron chi connectivity index (χ2n) is 3.35. The molecule has 0 aromatic carbocycles. The van der Waals surface area contributed by atoms with E-state index in [0.29, 0.717) is 6.04 Å². The highest BCUT2D eigenvalue weighted by atomic mass is 32.1. The van der Waals surface area contributed by atoms with Gasteiger partial charge in [-0.3, -0.25) is 4.68 Å². The van der Waals surface area contributed by atoms with E-state index in [1.165, 1.54) is 4.88 Å². The highest BCUT2D eigenvalue weighted by molar-refractivity contribution is 7.10. The predicted molar refractivity (Wildman–Crippen MR) is 60.8 cm³/mol. The van der Waals surface area contributed by atoms with Crippen molar-refractivity contribution in [2.45, 2.75) is 19.5 Å². The van der Waals surface area contributed by atoms with Gasteiger partial charge in [0.25, 0.3) is 0 Å². The maximum Gasteiger partial charge on any atom is 0.137 e. The first-order chi connectivity index (χ1) is 7.36. The Labute approximate surface area is 93.0 Å². The minimum absolute atomic E-state index is 0.411. The first kappa shape index (κ1) is 10.3. The summed E-state index contributed by atoms with van der Waals surface area (Å²) in [6.07, 6.45) is 3.29. The van der Waals surface area contributed by atoms with Crippen LogP contribution in [-0.4, -0.2) is 21.3 Å². The molecular formula is C10H14N4S. The molecule has 0 amide bonds. The molecule has 4 nitrogen and oxygen atoms in total. The van der Waals surface area contributed by atoms with Crippen LogP contribution < -0.4 is 5.32 Å². The molecule has 0 aliphatic rings. The highest BCUT2D eigenvalue weighted by Gasteiger charge is 2.04. The highest BCUT2D eigenvalue weighted by Crippen LogP contribution is 2.17. The van der Waals surface area contributed by atoms with Crippen LogP contribution in [0.15, 0.2) is 30.2 Å². The topological polar surface area (TPSA) is 42.7 Å². The molecule has 0 bridgehead atoms. The average molecular weight is 222 g/mol. The molecule has 80 valence electrons. The van der Waals surface area contributed by atoms with Crippen LogP contribution in [0.3, 0.4) is 0 Å². The van der Waals surface area contributed by atoms with Crippen molar-refractivity contribution in [1.29, 1.82) is 0 Å². The lowest BCUT2D eigenvalue weighted by atomic mass is 10.3. The summed E-state index contributed by atoms with van der Waals surface area (Å²) in [5.41, 5.74) is 0. The molecule has 1 unspecified atom stereocenters. The van der Waals surface area contributed by atoms with Gasteiger partial charge in [0.2, 0.25) is 0 Å². The fourth-order valence-corrected chi connectivity index (χ4v) is 2.14. The fraction of sp³-hybridized carbons (Fsp3) is 0.400. The van der Waals surface area contributed by atoms with E-state index in [2.05, 4.69) is 39.8 Å². The maximum absolute atomic E-state index is 4.04. The van der Waals surface area contributed by atoms with Crippen LogP contribution in [-0.2, 0) is 6.54 Å². The van der Waals surface area contributed by atoms with Crippen LogP contribution in [0, 0.1) is 0 Å². The number of rotatable bonds is 5. The Morgan fingerprint density at radius 3 is 3.20 bits per heavy atom. The van der Waals surface area contributed by atoms with Crippen molar-refractivity contribution in [1.82, 2.24) is 20.1 Å². The van der Waals surface area contributed by atoms with Gasteiger partial charge in [0.15, 0.2) is 0 Å². The standard InChI is InChI=1S/C10H14N4S/c1-9(10-3-2-6-15-10)12-4-5-14-8-11-7-13-14/h2-3,6-9,12H,4-5H2,1H3. The molecule has 0 aliphatic carbocycles. The summed E-state index contributed by atoms with van der Waals surface area (Å²) in [5.74, 6) is 0. The van der Waals surface area contributed by atoms with Crippen molar-refractivity contribution in [3.05, 3.63) is 35.0 Å². The third-order valence-corrected chi connectivity index (χ3v) is 3.28. The van der Waals surface area contributed by atoms with E-state index < -0.39 is 0 Å². The van der Waals surface area contributed by atoms with Crippen LogP contribution in [0.2, 0.25) is 0 Å². The molecule has 0 saturated heterocycles. The van der Waals surface area contributed by atoms with E-state index >= 15 is 0 Å². The normalized spacial score (nSPS) is 12.9. The molecule has 15 heavy (non-hydrogen) atoms. The van der Waals surface area contributed by atoms with Crippen molar-refractivity contribution in [3.63, 3.8) is 0 Å². The minimum atomic E-state index is 0.411. The zero-order valence-electron chi connectivity index (χ0n) is 8.63. The first-order valence-corrected chi connectivity index (χ1v) is 5.83. The third-order valence-electron chi connectivity index (χ3n) is 2.23. The summed E-state index contributed by atoms with van der Waals surface area (Å²) < 4.78 is 1.83. The van der Waals surface area contributed by atoms with Crippen molar-refractivity contribution in [2.75, 3.05) is 6.54 Å². The lowest BCUT2D eigenvalue weighted by molar-refractivity contribution is 0.510. The van der Waals surface area contributed by atoms with Crippen LogP contribution in [0.4, 0.5) is 0 Å². The van der Waals surface area contributed by atoms with Crippen molar-refractivity contribution in [3.8, 4) is 0 Å². The van der Waals surface area contributed by atoms with Gasteiger partial charge in [-0.25, -0.2) is 4.98 Å². The maximum atomic E-state index is 4.04. The molecule has 0 radical (unpaired) electrons. The zero-order chi connectivity index (χ0) is 10.5. The molecule has 5 heteroatoms. The summed E-state index contributed by atoms with van der Waals surface area (Å²) in [7, 11) is 0. The lowest BCUT2D eigenvalue weighted by Gasteiger charge is -2.11. The van der Waals surface area contributed by atoms with Gasteiger partial charge >= 0.3 is 0 Å². The predicted octanol–water partition coefficient (Wildman–Crippen LogP) is 1.69. The number of hydrogen-bond acceptors (Lipinski definition) is 4. The van der Waals surface area contributed by atoms with Gasteiger partial charge in [-0.05, 0) is 18.4 Å². The Morgan fingerprint density at radius 2 is 2.53 bits per heavy atom. The van der Waals surface area contributed by atoms with E-state index in [4.69, 9.17) is 0 Å². The smallest absolute Gasteiger partial charge is 0.137 e. The summed E-state index contributed by atoms with van der Waals surface area (Å²) in [6.45, 7) is 3.94. The van der Waals surface area contributed by atoms with Gasteiger partial charge in [-0.2, -0.15) is 5.10 Å². The van der Waals surface area contributed by atoms with Crippen molar-refractivity contribution < 1.29 is 0 Å². The van der Waals surface area contributed by atoms with Crippen LogP contribution in [0.5, 0.6) is 0 Å². The zero-order valence-corrected chi connectivity index (χ0v) is 9.44. The van der Waals surface area contributed by atoms with Gasteiger partial charge in [0.1, 0.15) is 12.7 Å². The summed E-state index contributed by atoms with van der Waals surface area (Å²) in [4.78, 5) is 5.27. The van der Waals surface area contributed by atoms with E-state index in [-0.39, 0.29) is 0 Å². The Morgan fingerprint density at radius 1 is 1.60 bits per heavy atom. The number of nitrogens with one attached hydrogen (secondary N) is 1. The average Bonchev–Trinajstić information content (AvgIpc) is 2.90. The molecular weight excluding hydrogens is 208 g/mol. The lowest BCUT2D eigenvalue weighted by Crippen LogP contribution is -2.22. The molecule has 1 N–H and O–H groups in total. The summed E-state index contributed by atoms with van der Waals surface area (Å²) in [6, 6.07) is 4.64. The number of thiophene rings is 1. The van der Waals surface area contributed by atoms with Crippen molar-refractivity contribution in [2.24, 2.45) is 0 Å². The molecule has 2 heterocycles. The third kappa shape index (κ3) is 2.87. The molecule has 2 rings (SSSR count). The molecule has 1 atom stereocenters. The minimum Gasteiger partial charge on any atom is -0.308 e. The van der Waals surface area contributed by atoms with E-state index in [9.17, 15) is 0 Å². The Bertz CT molecular complexity index is 368. The molecule has 2 aromatic rings. The van der Waals surface area contributed by atoms with Gasteiger partial charge in [-0.15, -0.1) is 11.3 Å². The van der Waals surface area contributed by atoms with Crippen LogP contribution in [0.25, 0.3) is 0 Å². The molecule has 0 spiro atoms. The second-order valence-corrected chi connectivity index (χ2v) is 4.33. The fourth-order valence-electron chi connectivity index (χ4n) is 1.38. The van der Waals surface area contributed by atoms with Gasteiger partial charge in [0, 0.05) is 17.5 Å². The van der Waals surface area contributed by atoms with E-state index in [1.807, 2.05) is 4.68 Å². The Kier molecular flexibility index (Phi) is 3.47. The monoisotopic (exact) mass is 222 g/mol. The number of hydrogen-bond donors (Lipinski definition) is 1. The Balaban J connectivity index is 1.74. The van der Waals surface area contributed by atoms with Crippen LogP contribution in [0.1, 0.15) is 17.8 Å². The summed E-state index contributed by atoms with van der Waals surface area (Å²) >= 11 is 1.78. The summed E-state index contributed by atoms with van der Waals surface area (Å²) in [5, 5.41) is 9.59. The van der Waals surface area contributed by atoms with E-state index in [1.54, 1.807) is 24.0 Å². The number of aromatic nitrogens is 3. The number of nitrogens with zero attached hydrogens (tertiary/aromatic N) is 3. The Hall–Kier alpha value is -1.20.